The van der Waals surface area contributed by atoms with Gasteiger partial charge >= 0.3 is 0 Å². The molecule has 2 aromatic carbocycles. The Morgan fingerprint density at radius 3 is 2.32 bits per heavy atom. The number of hydrogen-bond donors (Lipinski definition) is 1. The van der Waals surface area contributed by atoms with E-state index in [1.54, 1.807) is 31.4 Å². The van der Waals surface area contributed by atoms with Crippen LogP contribution in [0.4, 0.5) is 11.4 Å². The van der Waals surface area contributed by atoms with Crippen LogP contribution in [-0.4, -0.2) is 18.9 Å². The van der Waals surface area contributed by atoms with E-state index < -0.39 is 0 Å². The topological polar surface area (TPSA) is 58.6 Å². The number of methoxy groups -OCH3 is 1. The van der Waals surface area contributed by atoms with Gasteiger partial charge in [-0.25, -0.2) is 4.90 Å². The van der Waals surface area contributed by atoms with E-state index in [0.29, 0.717) is 17.0 Å². The van der Waals surface area contributed by atoms with Crippen LogP contribution >= 0.6 is 11.3 Å². The van der Waals surface area contributed by atoms with Gasteiger partial charge in [0.2, 0.25) is 0 Å². The summed E-state index contributed by atoms with van der Waals surface area (Å²) in [5.74, 6) is -0.0527. The van der Waals surface area contributed by atoms with Crippen molar-refractivity contribution in [1.29, 1.82) is 0 Å². The molecule has 5 nitrogen and oxygen atoms in total. The molecule has 4 rings (SSSR count). The Hall–Kier alpha value is -3.38. The molecule has 0 fully saturated rings. The van der Waals surface area contributed by atoms with Crippen molar-refractivity contribution in [1.82, 2.24) is 0 Å². The molecule has 0 aliphatic carbocycles. The monoisotopic (exact) mass is 390 g/mol. The normalized spacial score (nSPS) is 14.0. The zero-order valence-corrected chi connectivity index (χ0v) is 16.2. The molecule has 1 aromatic heterocycles. The van der Waals surface area contributed by atoms with Crippen LogP contribution in [0.3, 0.4) is 0 Å². The number of carbonyl (C=O) groups excluding carboxylic acids is 2. The van der Waals surface area contributed by atoms with Gasteiger partial charge in [-0.05, 0) is 54.3 Å². The van der Waals surface area contributed by atoms with Crippen LogP contribution in [0.25, 0.3) is 5.57 Å². The van der Waals surface area contributed by atoms with Crippen molar-refractivity contribution < 1.29 is 14.3 Å². The van der Waals surface area contributed by atoms with E-state index in [1.165, 1.54) is 16.2 Å². The Labute approximate surface area is 166 Å². The van der Waals surface area contributed by atoms with Gasteiger partial charge < -0.3 is 10.1 Å². The molecule has 2 heterocycles. The summed E-state index contributed by atoms with van der Waals surface area (Å²) in [5.41, 5.74) is 2.97. The number of anilines is 2. The summed E-state index contributed by atoms with van der Waals surface area (Å²) < 4.78 is 5.17. The van der Waals surface area contributed by atoms with E-state index in [-0.39, 0.29) is 17.5 Å². The molecule has 1 aliphatic rings. The van der Waals surface area contributed by atoms with E-state index in [4.69, 9.17) is 4.74 Å². The van der Waals surface area contributed by atoms with Gasteiger partial charge in [-0.3, -0.25) is 9.59 Å². The van der Waals surface area contributed by atoms with Gasteiger partial charge in [0.15, 0.2) is 0 Å². The largest absolute Gasteiger partial charge is 0.497 e. The highest BCUT2D eigenvalue weighted by molar-refractivity contribution is 7.11. The van der Waals surface area contributed by atoms with Gasteiger partial charge in [-0.1, -0.05) is 24.3 Å². The van der Waals surface area contributed by atoms with Crippen LogP contribution in [0.15, 0.2) is 71.7 Å². The van der Waals surface area contributed by atoms with E-state index in [9.17, 15) is 9.59 Å². The second-order valence-corrected chi connectivity index (χ2v) is 7.26. The first kappa shape index (κ1) is 18.0. The molecule has 28 heavy (non-hydrogen) atoms. The van der Waals surface area contributed by atoms with Crippen molar-refractivity contribution in [2.75, 3.05) is 17.3 Å². The molecule has 0 unspecified atom stereocenters. The summed E-state index contributed by atoms with van der Waals surface area (Å²) in [6.07, 6.45) is 0. The Kier molecular flexibility index (Phi) is 4.71. The third-order valence-corrected chi connectivity index (χ3v) is 5.47. The third kappa shape index (κ3) is 3.08. The summed E-state index contributed by atoms with van der Waals surface area (Å²) in [6, 6.07) is 18.3. The zero-order chi connectivity index (χ0) is 19.7. The van der Waals surface area contributed by atoms with Gasteiger partial charge in [0, 0.05) is 10.6 Å². The maximum absolute atomic E-state index is 13.3. The number of carbonyl (C=O) groups is 2. The van der Waals surface area contributed by atoms with Gasteiger partial charge in [-0.2, -0.15) is 0 Å². The van der Waals surface area contributed by atoms with Gasteiger partial charge in [-0.15, -0.1) is 11.3 Å². The lowest BCUT2D eigenvalue weighted by molar-refractivity contribution is -0.120. The van der Waals surface area contributed by atoms with Crippen molar-refractivity contribution in [2.24, 2.45) is 0 Å². The highest BCUT2D eigenvalue weighted by Gasteiger charge is 2.40. The fourth-order valence-corrected chi connectivity index (χ4v) is 3.88. The quantitative estimate of drug-likeness (QED) is 0.654. The molecule has 2 amide bonds. The molecule has 0 radical (unpaired) electrons. The number of nitrogens with one attached hydrogen (secondary N) is 1. The van der Waals surface area contributed by atoms with Gasteiger partial charge in [0.25, 0.3) is 11.8 Å². The van der Waals surface area contributed by atoms with Crippen molar-refractivity contribution in [3.8, 4) is 5.75 Å². The molecule has 1 aliphatic heterocycles. The number of aryl methyl sites for hydroxylation is 1. The van der Waals surface area contributed by atoms with Crippen molar-refractivity contribution in [2.45, 2.75) is 6.92 Å². The second kappa shape index (κ2) is 7.32. The van der Waals surface area contributed by atoms with Crippen molar-refractivity contribution >= 4 is 40.1 Å². The lowest BCUT2D eigenvalue weighted by atomic mass is 10.1. The molecule has 0 saturated heterocycles. The first-order valence-electron chi connectivity index (χ1n) is 8.74. The minimum atomic E-state index is -0.373. The fraction of sp³-hybridized carbons (Fsp3) is 0.0909. The lowest BCUT2D eigenvalue weighted by Gasteiger charge is -2.16. The SMILES string of the molecule is COc1ccc(N2C(=O)C(Nc3ccccc3C)=C(c3cccs3)C2=O)cc1. The average Bonchev–Trinajstić information content (AvgIpc) is 3.31. The van der Waals surface area contributed by atoms with Crippen LogP contribution in [0.1, 0.15) is 10.4 Å². The Bertz CT molecular complexity index is 1070. The van der Waals surface area contributed by atoms with Crippen molar-refractivity contribution in [3.05, 3.63) is 82.2 Å². The average molecular weight is 390 g/mol. The highest BCUT2D eigenvalue weighted by Crippen LogP contribution is 2.36. The smallest absolute Gasteiger partial charge is 0.282 e. The Morgan fingerprint density at radius 1 is 0.929 bits per heavy atom. The number of imide groups is 1. The van der Waals surface area contributed by atoms with Crippen LogP contribution in [0, 0.1) is 6.92 Å². The molecule has 1 N–H and O–H groups in total. The summed E-state index contributed by atoms with van der Waals surface area (Å²) in [6.45, 7) is 1.95. The summed E-state index contributed by atoms with van der Waals surface area (Å²) in [5, 5.41) is 5.09. The third-order valence-electron chi connectivity index (χ3n) is 4.59. The Balaban J connectivity index is 1.78. The van der Waals surface area contributed by atoms with Crippen LogP contribution in [0.2, 0.25) is 0 Å². The number of amides is 2. The number of hydrogen-bond acceptors (Lipinski definition) is 5. The molecule has 0 spiro atoms. The molecule has 3 aromatic rings. The minimum absolute atomic E-state index is 0.289. The van der Waals surface area contributed by atoms with E-state index >= 15 is 0 Å². The second-order valence-electron chi connectivity index (χ2n) is 6.31. The maximum atomic E-state index is 13.3. The van der Waals surface area contributed by atoms with E-state index in [0.717, 1.165) is 16.1 Å². The molecule has 0 saturated carbocycles. The fourth-order valence-electron chi connectivity index (χ4n) is 3.11. The van der Waals surface area contributed by atoms with Gasteiger partial charge in [0.05, 0.1) is 18.4 Å². The van der Waals surface area contributed by atoms with E-state index in [2.05, 4.69) is 5.32 Å². The highest BCUT2D eigenvalue weighted by atomic mass is 32.1. The number of rotatable bonds is 5. The first-order valence-corrected chi connectivity index (χ1v) is 9.61. The van der Waals surface area contributed by atoms with E-state index in [1.807, 2.05) is 48.7 Å². The number of thiophene rings is 1. The van der Waals surface area contributed by atoms with Gasteiger partial charge in [0.1, 0.15) is 11.4 Å². The van der Waals surface area contributed by atoms with Crippen molar-refractivity contribution in [3.63, 3.8) is 0 Å². The lowest BCUT2D eigenvalue weighted by Crippen LogP contribution is -2.32. The molecule has 6 heteroatoms. The number of benzene rings is 2. The maximum Gasteiger partial charge on any atom is 0.282 e. The number of para-hydroxylation sites is 1. The Morgan fingerprint density at radius 2 is 1.68 bits per heavy atom. The van der Waals surface area contributed by atoms with Crippen LogP contribution in [-0.2, 0) is 9.59 Å². The molecule has 0 atom stereocenters. The molecule has 140 valence electrons. The predicted octanol–water partition coefficient (Wildman–Crippen LogP) is 4.46. The molecular weight excluding hydrogens is 372 g/mol. The summed E-state index contributed by atoms with van der Waals surface area (Å²) >= 11 is 1.43. The summed E-state index contributed by atoms with van der Waals surface area (Å²) in [4.78, 5) is 28.4. The minimum Gasteiger partial charge on any atom is -0.497 e. The first-order chi connectivity index (χ1) is 13.6. The zero-order valence-electron chi connectivity index (χ0n) is 15.4. The summed E-state index contributed by atoms with van der Waals surface area (Å²) in [7, 11) is 1.57. The number of nitrogens with zero attached hydrogens (tertiary/aromatic N) is 1. The molecule has 0 bridgehead atoms. The van der Waals surface area contributed by atoms with Crippen LogP contribution in [0.5, 0.6) is 5.75 Å². The number of ether oxygens (including phenoxy) is 1. The predicted molar refractivity (Wildman–Crippen MR) is 112 cm³/mol. The molecular formula is C22H18N2O3S. The van der Waals surface area contributed by atoms with Crippen LogP contribution < -0.4 is 15.0 Å². The standard InChI is InChI=1S/C22H18N2O3S/c1-14-6-3-4-7-17(14)23-20-19(18-8-5-13-28-18)21(25)24(22(20)26)15-9-11-16(27-2)12-10-15/h3-13,23H,1-2H3.